The summed E-state index contributed by atoms with van der Waals surface area (Å²) in [5.74, 6) is 1.06. The standard InChI is InChI=1S/C30H46N7O5PS/c1-22(2)30(4,29(39)40)32-43(41,21-42-5)36-19-25(18-26(36)28(38)35-15-16-44-20-35)33-11-13-34(14-12-33)27-17-23(3)31-37(27)24-9-7-6-8-10-24/h6-10,17,22,25-26H,11-16,18-21H2,1-5H3,(H,32,41)(H,39,40)/t25-,26-,30?,43?/m0/s1. The summed E-state index contributed by atoms with van der Waals surface area (Å²) in [6, 6.07) is 11.6. The van der Waals surface area contributed by atoms with Gasteiger partial charge in [0.15, 0.2) is 0 Å². The molecule has 1 aromatic carbocycles. The van der Waals surface area contributed by atoms with Gasteiger partial charge in [-0.05, 0) is 38.3 Å². The number of piperazine rings is 1. The van der Waals surface area contributed by atoms with Gasteiger partial charge in [0.25, 0.3) is 0 Å². The van der Waals surface area contributed by atoms with E-state index in [1.54, 1.807) is 37.2 Å². The summed E-state index contributed by atoms with van der Waals surface area (Å²) in [6.07, 6.45) is 0.340. The molecule has 0 saturated carbocycles. The van der Waals surface area contributed by atoms with Crippen molar-refractivity contribution in [1.82, 2.24) is 29.3 Å². The fourth-order valence-corrected chi connectivity index (χ4v) is 10.2. The highest BCUT2D eigenvalue weighted by Gasteiger charge is 2.52. The third-order valence-electron chi connectivity index (χ3n) is 9.30. The molecule has 4 heterocycles. The largest absolute Gasteiger partial charge is 0.480 e. The highest BCUT2D eigenvalue weighted by Crippen LogP contribution is 2.53. The third-order valence-corrected chi connectivity index (χ3v) is 13.0. The molecule has 5 rings (SSSR count). The van der Waals surface area contributed by atoms with Crippen LogP contribution in [0.5, 0.6) is 0 Å². The molecule has 242 valence electrons. The lowest BCUT2D eigenvalue weighted by molar-refractivity contribution is -0.145. The number of methoxy groups -OCH3 is 1. The number of nitrogens with zero attached hydrogens (tertiary/aromatic N) is 6. The van der Waals surface area contributed by atoms with Gasteiger partial charge in [-0.2, -0.15) is 5.10 Å². The molecule has 3 aliphatic heterocycles. The van der Waals surface area contributed by atoms with E-state index in [4.69, 9.17) is 9.84 Å². The molecule has 14 heteroatoms. The van der Waals surface area contributed by atoms with Gasteiger partial charge in [0.05, 0.1) is 23.3 Å². The number of hydrogen-bond acceptors (Lipinski definition) is 8. The molecule has 0 spiro atoms. The molecule has 3 fully saturated rings. The summed E-state index contributed by atoms with van der Waals surface area (Å²) in [6.45, 7) is 11.3. The minimum atomic E-state index is -3.66. The van der Waals surface area contributed by atoms with Crippen molar-refractivity contribution in [2.75, 3.05) is 69.3 Å². The molecule has 0 bridgehead atoms. The monoisotopic (exact) mass is 647 g/mol. The number of hydrogen-bond donors (Lipinski definition) is 2. The fraction of sp³-hybridized carbons (Fsp3) is 0.633. The summed E-state index contributed by atoms with van der Waals surface area (Å²) in [7, 11) is -2.19. The summed E-state index contributed by atoms with van der Waals surface area (Å²) >= 11 is 1.71. The Kier molecular flexibility index (Phi) is 10.1. The molecular formula is C30H46N7O5PS. The van der Waals surface area contributed by atoms with Crippen molar-refractivity contribution in [2.45, 2.75) is 51.7 Å². The first-order valence-electron chi connectivity index (χ1n) is 15.3. The number of amides is 1. The molecule has 1 aromatic heterocycles. The molecule has 2 unspecified atom stereocenters. The number of carbonyl (C=O) groups excluding carboxylic acids is 1. The lowest BCUT2D eigenvalue weighted by Crippen LogP contribution is -2.55. The van der Waals surface area contributed by atoms with Crippen LogP contribution >= 0.6 is 19.2 Å². The van der Waals surface area contributed by atoms with Gasteiger partial charge in [-0.3, -0.25) is 19.1 Å². The van der Waals surface area contributed by atoms with Gasteiger partial charge in [0.2, 0.25) is 13.4 Å². The first-order chi connectivity index (χ1) is 21.0. The Bertz CT molecular complexity index is 1360. The molecule has 0 radical (unpaired) electrons. The number of nitrogens with one attached hydrogen (secondary N) is 1. The van der Waals surface area contributed by atoms with E-state index in [0.29, 0.717) is 25.4 Å². The van der Waals surface area contributed by atoms with E-state index >= 15 is 0 Å². The second-order valence-electron chi connectivity index (χ2n) is 12.5. The Morgan fingerprint density at radius 1 is 1.18 bits per heavy atom. The predicted molar refractivity (Wildman–Crippen MR) is 174 cm³/mol. The van der Waals surface area contributed by atoms with Gasteiger partial charge in [-0.25, -0.2) is 14.4 Å². The molecular weight excluding hydrogens is 601 g/mol. The van der Waals surface area contributed by atoms with Crippen LogP contribution in [0.15, 0.2) is 36.4 Å². The first-order valence-corrected chi connectivity index (χ1v) is 18.3. The molecule has 3 saturated heterocycles. The van der Waals surface area contributed by atoms with Crippen molar-refractivity contribution in [3.63, 3.8) is 0 Å². The van der Waals surface area contributed by atoms with Gasteiger partial charge in [-0.15, -0.1) is 11.8 Å². The van der Waals surface area contributed by atoms with Crippen LogP contribution in [0.1, 0.15) is 32.9 Å². The molecule has 0 aliphatic carbocycles. The first kappa shape index (κ1) is 33.0. The lowest BCUT2D eigenvalue weighted by atomic mass is 9.90. The Labute approximate surface area is 264 Å². The van der Waals surface area contributed by atoms with E-state index < -0.39 is 25.0 Å². The topological polar surface area (TPSA) is 123 Å². The number of aliphatic carboxylic acids is 1. The smallest absolute Gasteiger partial charge is 0.324 e. The molecule has 3 aliphatic rings. The zero-order chi connectivity index (χ0) is 31.6. The Balaban J connectivity index is 1.37. The molecule has 12 nitrogen and oxygen atoms in total. The van der Waals surface area contributed by atoms with Crippen molar-refractivity contribution < 1.29 is 24.0 Å². The number of para-hydroxylation sites is 1. The van der Waals surface area contributed by atoms with E-state index in [1.807, 2.05) is 34.7 Å². The number of carbonyl (C=O) groups is 2. The van der Waals surface area contributed by atoms with E-state index in [0.717, 1.165) is 49.1 Å². The minimum absolute atomic E-state index is 0.00996. The van der Waals surface area contributed by atoms with Crippen LogP contribution in [0.2, 0.25) is 0 Å². The van der Waals surface area contributed by atoms with Crippen molar-refractivity contribution in [1.29, 1.82) is 0 Å². The zero-order valence-electron chi connectivity index (χ0n) is 26.4. The van der Waals surface area contributed by atoms with Gasteiger partial charge < -0.3 is 19.6 Å². The molecule has 44 heavy (non-hydrogen) atoms. The molecule has 2 aromatic rings. The van der Waals surface area contributed by atoms with Crippen molar-refractivity contribution in [3.8, 4) is 5.69 Å². The number of anilines is 1. The Morgan fingerprint density at radius 2 is 1.89 bits per heavy atom. The average Bonchev–Trinajstić information content (AvgIpc) is 3.78. The maximum Gasteiger partial charge on any atom is 0.324 e. The normalized spacial score (nSPS) is 24.5. The number of rotatable bonds is 11. The zero-order valence-corrected chi connectivity index (χ0v) is 28.1. The van der Waals surface area contributed by atoms with E-state index in [9.17, 15) is 19.3 Å². The number of carboxylic acid groups (broad SMARTS) is 1. The second-order valence-corrected chi connectivity index (χ2v) is 15.9. The Hall–Kier alpha value is -2.41. The summed E-state index contributed by atoms with van der Waals surface area (Å²) in [5, 5.41) is 17.9. The van der Waals surface area contributed by atoms with Crippen LogP contribution in [0.4, 0.5) is 5.82 Å². The SMILES string of the molecule is COCP(=O)(NC(C)(C(=O)O)C(C)C)N1C[C@@H](N2CCN(c3cc(C)nn3-c3ccccc3)CC2)C[C@H]1C(=O)N1CCSC1. The van der Waals surface area contributed by atoms with Gasteiger partial charge in [-0.1, -0.05) is 32.0 Å². The minimum Gasteiger partial charge on any atom is -0.480 e. The number of aryl methyl sites for hydroxylation is 1. The van der Waals surface area contributed by atoms with E-state index in [-0.39, 0.29) is 24.2 Å². The van der Waals surface area contributed by atoms with Crippen LogP contribution in [-0.4, -0.2) is 123 Å². The third kappa shape index (κ3) is 6.59. The van der Waals surface area contributed by atoms with Crippen LogP contribution in [0, 0.1) is 12.8 Å². The molecule has 2 N–H and O–H groups in total. The van der Waals surface area contributed by atoms with Crippen LogP contribution < -0.4 is 9.99 Å². The van der Waals surface area contributed by atoms with Crippen molar-refractivity contribution in [2.24, 2.45) is 5.92 Å². The van der Waals surface area contributed by atoms with Crippen molar-refractivity contribution >= 4 is 36.9 Å². The quantitative estimate of drug-likeness (QED) is 0.350. The highest BCUT2D eigenvalue weighted by molar-refractivity contribution is 7.99. The molecule has 4 atom stereocenters. The van der Waals surface area contributed by atoms with E-state index in [1.165, 1.54) is 7.11 Å². The molecule has 1 amide bonds. The summed E-state index contributed by atoms with van der Waals surface area (Å²) < 4.78 is 24.0. The number of benzene rings is 1. The maximum absolute atomic E-state index is 14.8. The summed E-state index contributed by atoms with van der Waals surface area (Å²) in [5.41, 5.74) is 0.506. The Morgan fingerprint density at radius 3 is 2.48 bits per heavy atom. The van der Waals surface area contributed by atoms with Crippen LogP contribution in [-0.2, 0) is 18.9 Å². The van der Waals surface area contributed by atoms with Crippen molar-refractivity contribution in [3.05, 3.63) is 42.1 Å². The highest BCUT2D eigenvalue weighted by atomic mass is 32.2. The fourth-order valence-electron chi connectivity index (χ4n) is 6.36. The van der Waals surface area contributed by atoms with Gasteiger partial charge >= 0.3 is 5.97 Å². The van der Waals surface area contributed by atoms with E-state index in [2.05, 4.69) is 33.1 Å². The summed E-state index contributed by atoms with van der Waals surface area (Å²) in [4.78, 5) is 32.9. The second kappa shape index (κ2) is 13.5. The maximum atomic E-state index is 14.8. The number of carboxylic acids is 1. The van der Waals surface area contributed by atoms with Gasteiger partial charge in [0.1, 0.15) is 17.7 Å². The number of aromatic nitrogens is 2. The predicted octanol–water partition coefficient (Wildman–Crippen LogP) is 3.16. The van der Waals surface area contributed by atoms with Crippen LogP contribution in [0.3, 0.4) is 0 Å². The number of thioether (sulfide) groups is 1. The van der Waals surface area contributed by atoms with Gasteiger partial charge in [0, 0.05) is 64.2 Å². The number of ether oxygens (including phenoxy) is 1. The lowest BCUT2D eigenvalue weighted by Gasteiger charge is -2.41. The van der Waals surface area contributed by atoms with Crippen LogP contribution in [0.25, 0.3) is 5.69 Å². The average molecular weight is 648 g/mol.